The van der Waals surface area contributed by atoms with Crippen molar-refractivity contribution in [3.8, 4) is 0 Å². The van der Waals surface area contributed by atoms with Crippen LogP contribution in [0.15, 0.2) is 42.5 Å². The molecule has 3 N–H and O–H groups in total. The number of aliphatic hydroxyl groups is 1. The third-order valence-corrected chi connectivity index (χ3v) is 9.98. The molecule has 0 unspecified atom stereocenters. The smallest absolute Gasteiger partial charge is 0.251 e. The molecule has 2 aromatic carbocycles. The van der Waals surface area contributed by atoms with Crippen LogP contribution in [0.1, 0.15) is 72.5 Å². The lowest BCUT2D eigenvalue weighted by molar-refractivity contribution is -0.166. The van der Waals surface area contributed by atoms with Crippen molar-refractivity contribution < 1.29 is 24.2 Å². The van der Waals surface area contributed by atoms with E-state index in [-0.39, 0.29) is 23.6 Å². The van der Waals surface area contributed by atoms with E-state index in [0.717, 1.165) is 30.5 Å². The van der Waals surface area contributed by atoms with E-state index in [9.17, 15) is 19.5 Å². The number of hydrogen-bond donors (Lipinski definition) is 3. The number of benzene rings is 2. The SMILES string of the molecule is CCCCN1C(=O)[C@@H]([C@H](O)C2CCOCC2)NC(=O)C12CCN(Cc1ccc(Cc3ccc(C(=O)NC)cc3Cl)cc1)CC2. The standard InChI is InChI=1S/C34H45ClN4O5/c1-3-4-15-39-32(42)29(30(40)25-11-18-44-19-12-25)37-33(43)34(39)13-16-38(17-14-34)22-24-7-5-23(6-8-24)20-26-9-10-27(21-28(26)35)31(41)36-2/h5-10,21,25,29-30,40H,3-4,11-20,22H2,1-2H3,(H,36,41)(H,37,43)/t29-,30-/m1/s1. The number of carbonyl (C=O) groups is 3. The molecule has 9 nitrogen and oxygen atoms in total. The lowest BCUT2D eigenvalue weighted by Gasteiger charge is -2.52. The predicted octanol–water partition coefficient (Wildman–Crippen LogP) is 3.54. The highest BCUT2D eigenvalue weighted by atomic mass is 35.5. The Kier molecular flexibility index (Phi) is 10.6. The van der Waals surface area contributed by atoms with E-state index >= 15 is 0 Å². The van der Waals surface area contributed by atoms with Crippen molar-refractivity contribution in [3.05, 3.63) is 69.7 Å². The number of rotatable bonds is 10. The number of carbonyl (C=O) groups excluding carboxylic acids is 3. The van der Waals surface area contributed by atoms with Crippen LogP contribution in [0.2, 0.25) is 5.02 Å². The van der Waals surface area contributed by atoms with Crippen molar-refractivity contribution >= 4 is 29.3 Å². The molecular weight excluding hydrogens is 580 g/mol. The summed E-state index contributed by atoms with van der Waals surface area (Å²) in [4.78, 5) is 43.6. The lowest BCUT2D eigenvalue weighted by Crippen LogP contribution is -2.75. The molecule has 3 fully saturated rings. The first kappa shape index (κ1) is 32.4. The zero-order valence-electron chi connectivity index (χ0n) is 25.8. The number of unbranched alkanes of at least 4 members (excludes halogenated alkanes) is 1. The fourth-order valence-corrected chi connectivity index (χ4v) is 7.08. The minimum Gasteiger partial charge on any atom is -0.390 e. The second-order valence-corrected chi connectivity index (χ2v) is 12.8. The minimum absolute atomic E-state index is 0.0557. The Balaban J connectivity index is 1.20. The Morgan fingerprint density at radius 1 is 1.11 bits per heavy atom. The molecule has 10 heteroatoms. The summed E-state index contributed by atoms with van der Waals surface area (Å²) in [6, 6.07) is 12.9. The highest BCUT2D eigenvalue weighted by Gasteiger charge is 2.55. The van der Waals surface area contributed by atoms with Crippen LogP contribution in [0.5, 0.6) is 0 Å². The van der Waals surface area contributed by atoms with Crippen LogP contribution in [0.4, 0.5) is 0 Å². The molecule has 3 amide bonds. The van der Waals surface area contributed by atoms with Gasteiger partial charge in [0.15, 0.2) is 0 Å². The maximum atomic E-state index is 13.8. The molecule has 0 aromatic heterocycles. The third kappa shape index (κ3) is 6.96. The molecule has 0 aliphatic carbocycles. The van der Waals surface area contributed by atoms with Crippen molar-refractivity contribution in [2.75, 3.05) is 39.9 Å². The largest absolute Gasteiger partial charge is 0.390 e. The number of piperazine rings is 1. The van der Waals surface area contributed by atoms with Crippen LogP contribution in [-0.4, -0.2) is 90.2 Å². The van der Waals surface area contributed by atoms with Gasteiger partial charge in [-0.1, -0.05) is 55.3 Å². The van der Waals surface area contributed by atoms with Crippen LogP contribution in [0, 0.1) is 5.92 Å². The third-order valence-electron chi connectivity index (χ3n) is 9.63. The molecule has 5 rings (SSSR count). The number of nitrogens with zero attached hydrogens (tertiary/aromatic N) is 2. The quantitative estimate of drug-likeness (QED) is 0.373. The van der Waals surface area contributed by atoms with Gasteiger partial charge in [-0.2, -0.15) is 0 Å². The lowest BCUT2D eigenvalue weighted by atomic mass is 9.79. The van der Waals surface area contributed by atoms with Gasteiger partial charge in [0.1, 0.15) is 11.6 Å². The fraction of sp³-hybridized carbons (Fsp3) is 0.559. The van der Waals surface area contributed by atoms with Gasteiger partial charge in [-0.25, -0.2) is 0 Å². The van der Waals surface area contributed by atoms with Gasteiger partial charge in [-0.15, -0.1) is 0 Å². The number of amides is 3. The zero-order valence-corrected chi connectivity index (χ0v) is 26.6. The molecule has 3 saturated heterocycles. The minimum atomic E-state index is -0.905. The topological polar surface area (TPSA) is 111 Å². The predicted molar refractivity (Wildman–Crippen MR) is 169 cm³/mol. The molecule has 0 bridgehead atoms. The van der Waals surface area contributed by atoms with Gasteiger partial charge >= 0.3 is 0 Å². The molecule has 0 saturated carbocycles. The van der Waals surface area contributed by atoms with E-state index in [4.69, 9.17) is 16.3 Å². The molecular formula is C34H45ClN4O5. The first-order chi connectivity index (χ1) is 21.3. The number of hydrogen-bond acceptors (Lipinski definition) is 6. The average Bonchev–Trinajstić information content (AvgIpc) is 3.05. The van der Waals surface area contributed by atoms with Crippen molar-refractivity contribution in [2.45, 2.75) is 76.1 Å². The molecule has 238 valence electrons. The first-order valence-corrected chi connectivity index (χ1v) is 16.3. The second kappa shape index (κ2) is 14.4. The summed E-state index contributed by atoms with van der Waals surface area (Å²) < 4.78 is 5.44. The molecule has 1 spiro atoms. The Morgan fingerprint density at radius 2 is 1.80 bits per heavy atom. The van der Waals surface area contributed by atoms with Gasteiger partial charge in [0.2, 0.25) is 11.8 Å². The summed E-state index contributed by atoms with van der Waals surface area (Å²) in [7, 11) is 1.60. The van der Waals surface area contributed by atoms with E-state index in [1.807, 2.05) is 6.07 Å². The number of halogens is 1. The van der Waals surface area contributed by atoms with Gasteiger partial charge in [-0.05, 0) is 73.3 Å². The van der Waals surface area contributed by atoms with Gasteiger partial charge in [0.25, 0.3) is 5.91 Å². The molecule has 3 aliphatic heterocycles. The second-order valence-electron chi connectivity index (χ2n) is 12.4. The number of likely N-dealkylation sites (tertiary alicyclic amines) is 1. The normalized spacial score (nSPS) is 21.7. The molecule has 2 atom stereocenters. The van der Waals surface area contributed by atoms with Crippen molar-refractivity contribution in [1.82, 2.24) is 20.4 Å². The van der Waals surface area contributed by atoms with Gasteiger partial charge < -0.3 is 25.4 Å². The van der Waals surface area contributed by atoms with Crippen molar-refractivity contribution in [1.29, 1.82) is 0 Å². The summed E-state index contributed by atoms with van der Waals surface area (Å²) in [6.07, 6.45) is 4.02. The van der Waals surface area contributed by atoms with Gasteiger partial charge in [0, 0.05) is 57.0 Å². The molecule has 0 radical (unpaired) electrons. The van der Waals surface area contributed by atoms with Gasteiger partial charge in [-0.3, -0.25) is 19.3 Å². The van der Waals surface area contributed by atoms with Crippen LogP contribution in [0.25, 0.3) is 0 Å². The van der Waals surface area contributed by atoms with E-state index in [0.29, 0.717) is 75.5 Å². The van der Waals surface area contributed by atoms with Crippen LogP contribution in [0.3, 0.4) is 0 Å². The summed E-state index contributed by atoms with van der Waals surface area (Å²) in [6.45, 7) is 5.91. The Labute approximate surface area is 265 Å². The van der Waals surface area contributed by atoms with E-state index < -0.39 is 17.7 Å². The molecule has 2 aromatic rings. The summed E-state index contributed by atoms with van der Waals surface area (Å²) in [5.41, 5.74) is 2.94. The van der Waals surface area contributed by atoms with Crippen LogP contribution < -0.4 is 10.6 Å². The number of nitrogens with one attached hydrogen (secondary N) is 2. The molecule has 3 heterocycles. The highest BCUT2D eigenvalue weighted by molar-refractivity contribution is 6.31. The number of ether oxygens (including phenoxy) is 1. The summed E-state index contributed by atoms with van der Waals surface area (Å²) in [5.74, 6) is -0.496. The molecule has 44 heavy (non-hydrogen) atoms. The maximum Gasteiger partial charge on any atom is 0.251 e. The first-order valence-electron chi connectivity index (χ1n) is 15.9. The summed E-state index contributed by atoms with van der Waals surface area (Å²) in [5, 5.41) is 17.3. The Bertz CT molecular complexity index is 1320. The van der Waals surface area contributed by atoms with E-state index in [2.05, 4.69) is 46.7 Å². The van der Waals surface area contributed by atoms with Crippen molar-refractivity contribution in [3.63, 3.8) is 0 Å². The Hall–Kier alpha value is -2.98. The summed E-state index contributed by atoms with van der Waals surface area (Å²) >= 11 is 6.46. The Morgan fingerprint density at radius 3 is 2.43 bits per heavy atom. The van der Waals surface area contributed by atoms with E-state index in [1.54, 1.807) is 24.1 Å². The maximum absolute atomic E-state index is 13.8. The number of piperidine rings is 1. The van der Waals surface area contributed by atoms with Crippen LogP contribution in [-0.2, 0) is 27.3 Å². The van der Waals surface area contributed by atoms with Crippen molar-refractivity contribution in [2.24, 2.45) is 5.92 Å². The fourth-order valence-electron chi connectivity index (χ4n) is 6.84. The molecule has 3 aliphatic rings. The van der Waals surface area contributed by atoms with Gasteiger partial charge in [0.05, 0.1) is 6.10 Å². The van der Waals surface area contributed by atoms with Crippen LogP contribution >= 0.6 is 11.6 Å². The highest BCUT2D eigenvalue weighted by Crippen LogP contribution is 2.35. The zero-order chi connectivity index (χ0) is 31.3. The monoisotopic (exact) mass is 624 g/mol. The average molecular weight is 625 g/mol. The van der Waals surface area contributed by atoms with E-state index in [1.165, 1.54) is 5.56 Å². The number of aliphatic hydroxyl groups excluding tert-OH is 1.